The molecule has 3 heteroatoms. The molecular formula is C13H14O3. The molecule has 16 heavy (non-hydrogen) atoms. The Morgan fingerprint density at radius 2 is 1.88 bits per heavy atom. The Balaban J connectivity index is 2.96. The Hall–Kier alpha value is -1.90. The Morgan fingerprint density at radius 3 is 2.38 bits per heavy atom. The molecule has 1 aromatic carbocycles. The summed E-state index contributed by atoms with van der Waals surface area (Å²) in [6, 6.07) is 9.36. The number of Topliss-reactive ketones (excluding diaryl/α,β-unsaturated/α-hetero) is 1. The lowest BCUT2D eigenvalue weighted by atomic mass is 10.1. The standard InChI is InChI=1S/C13H14O3/c1-10(14)8-12(13(15)16-2)9-11-6-4-3-5-7-11/h3-7,9H,8H2,1-2H3/b12-9+. The van der Waals surface area contributed by atoms with Crippen LogP contribution in [0.15, 0.2) is 35.9 Å². The summed E-state index contributed by atoms with van der Waals surface area (Å²) >= 11 is 0. The number of rotatable bonds is 4. The molecule has 3 nitrogen and oxygen atoms in total. The van der Waals surface area contributed by atoms with Crippen molar-refractivity contribution in [2.45, 2.75) is 13.3 Å². The average Bonchev–Trinajstić information content (AvgIpc) is 2.28. The highest BCUT2D eigenvalue weighted by Crippen LogP contribution is 2.11. The van der Waals surface area contributed by atoms with E-state index in [1.54, 1.807) is 6.08 Å². The van der Waals surface area contributed by atoms with Crippen molar-refractivity contribution in [3.8, 4) is 0 Å². The van der Waals surface area contributed by atoms with Crippen molar-refractivity contribution in [3.05, 3.63) is 41.5 Å². The van der Waals surface area contributed by atoms with Crippen LogP contribution in [-0.2, 0) is 14.3 Å². The number of methoxy groups -OCH3 is 1. The predicted octanol–water partition coefficient (Wildman–Crippen LogP) is 2.22. The smallest absolute Gasteiger partial charge is 0.334 e. The van der Waals surface area contributed by atoms with Crippen molar-refractivity contribution in [3.63, 3.8) is 0 Å². The van der Waals surface area contributed by atoms with Gasteiger partial charge in [-0.15, -0.1) is 0 Å². The summed E-state index contributed by atoms with van der Waals surface area (Å²) in [7, 11) is 1.31. The highest BCUT2D eigenvalue weighted by atomic mass is 16.5. The van der Waals surface area contributed by atoms with E-state index in [1.807, 2.05) is 30.3 Å². The van der Waals surface area contributed by atoms with Crippen molar-refractivity contribution in [1.29, 1.82) is 0 Å². The summed E-state index contributed by atoms with van der Waals surface area (Å²) in [5.41, 5.74) is 1.25. The van der Waals surface area contributed by atoms with E-state index in [4.69, 9.17) is 0 Å². The van der Waals surface area contributed by atoms with Gasteiger partial charge in [0.15, 0.2) is 0 Å². The molecule has 0 radical (unpaired) electrons. The molecule has 0 saturated heterocycles. The summed E-state index contributed by atoms with van der Waals surface area (Å²) in [5.74, 6) is -0.522. The maximum atomic E-state index is 11.4. The molecule has 0 unspecified atom stereocenters. The SMILES string of the molecule is COC(=O)/C(=C/c1ccccc1)CC(C)=O. The number of hydrogen-bond donors (Lipinski definition) is 0. The Kier molecular flexibility index (Phi) is 4.45. The van der Waals surface area contributed by atoms with Crippen molar-refractivity contribution in [2.24, 2.45) is 0 Å². The summed E-state index contributed by atoms with van der Waals surface area (Å²) in [6.07, 6.45) is 1.77. The predicted molar refractivity (Wildman–Crippen MR) is 61.7 cm³/mol. The van der Waals surface area contributed by atoms with Crippen LogP contribution in [0.4, 0.5) is 0 Å². The van der Waals surface area contributed by atoms with Crippen molar-refractivity contribution >= 4 is 17.8 Å². The van der Waals surface area contributed by atoms with E-state index in [1.165, 1.54) is 14.0 Å². The summed E-state index contributed by atoms with van der Waals surface area (Å²) in [6.45, 7) is 1.45. The van der Waals surface area contributed by atoms with Crippen LogP contribution in [0.3, 0.4) is 0 Å². The van der Waals surface area contributed by atoms with Crippen molar-refractivity contribution in [2.75, 3.05) is 7.11 Å². The van der Waals surface area contributed by atoms with E-state index in [2.05, 4.69) is 4.74 Å². The summed E-state index contributed by atoms with van der Waals surface area (Å²) in [4.78, 5) is 22.4. The first kappa shape index (κ1) is 12.2. The molecule has 0 fully saturated rings. The molecule has 0 bridgehead atoms. The van der Waals surface area contributed by atoms with Gasteiger partial charge in [0, 0.05) is 12.0 Å². The van der Waals surface area contributed by atoms with E-state index in [-0.39, 0.29) is 12.2 Å². The van der Waals surface area contributed by atoms with Gasteiger partial charge in [-0.1, -0.05) is 30.3 Å². The second-order valence-corrected chi connectivity index (χ2v) is 3.45. The normalized spacial score (nSPS) is 11.0. The van der Waals surface area contributed by atoms with Gasteiger partial charge in [0.2, 0.25) is 0 Å². The molecule has 0 spiro atoms. The van der Waals surface area contributed by atoms with E-state index in [0.717, 1.165) is 5.56 Å². The third-order valence-electron chi connectivity index (χ3n) is 2.03. The molecule has 0 N–H and O–H groups in total. The van der Waals surface area contributed by atoms with Crippen molar-refractivity contribution in [1.82, 2.24) is 0 Å². The van der Waals surface area contributed by atoms with Gasteiger partial charge in [-0.2, -0.15) is 0 Å². The molecule has 0 aliphatic heterocycles. The summed E-state index contributed by atoms with van der Waals surface area (Å²) < 4.78 is 4.63. The maximum Gasteiger partial charge on any atom is 0.334 e. The van der Waals surface area contributed by atoms with Gasteiger partial charge >= 0.3 is 5.97 Å². The molecule has 1 aromatic rings. The number of hydrogen-bond acceptors (Lipinski definition) is 3. The zero-order valence-corrected chi connectivity index (χ0v) is 9.40. The fourth-order valence-electron chi connectivity index (χ4n) is 1.33. The van der Waals surface area contributed by atoms with Crippen LogP contribution in [0.1, 0.15) is 18.9 Å². The van der Waals surface area contributed by atoms with Crippen LogP contribution in [0.25, 0.3) is 6.08 Å². The highest BCUT2D eigenvalue weighted by Gasteiger charge is 2.11. The Bertz CT molecular complexity index is 404. The molecule has 84 valence electrons. The molecule has 0 saturated carbocycles. The second kappa shape index (κ2) is 5.85. The van der Waals surface area contributed by atoms with E-state index < -0.39 is 5.97 Å². The highest BCUT2D eigenvalue weighted by molar-refractivity contribution is 5.99. The van der Waals surface area contributed by atoms with Crippen LogP contribution in [0, 0.1) is 0 Å². The number of carbonyl (C=O) groups is 2. The molecule has 0 aromatic heterocycles. The van der Waals surface area contributed by atoms with Crippen LogP contribution >= 0.6 is 0 Å². The third kappa shape index (κ3) is 3.69. The quantitative estimate of drug-likeness (QED) is 0.575. The fraction of sp³-hybridized carbons (Fsp3) is 0.231. The Labute approximate surface area is 94.7 Å². The van der Waals surface area contributed by atoms with Gasteiger partial charge in [-0.25, -0.2) is 4.79 Å². The lowest BCUT2D eigenvalue weighted by molar-refractivity contribution is -0.136. The first-order valence-corrected chi connectivity index (χ1v) is 4.97. The van der Waals surface area contributed by atoms with E-state index in [9.17, 15) is 9.59 Å². The van der Waals surface area contributed by atoms with Crippen LogP contribution in [-0.4, -0.2) is 18.9 Å². The maximum absolute atomic E-state index is 11.4. The minimum Gasteiger partial charge on any atom is -0.466 e. The first-order valence-electron chi connectivity index (χ1n) is 4.97. The molecule has 1 rings (SSSR count). The number of ketones is 1. The van der Waals surface area contributed by atoms with Gasteiger partial charge in [0.25, 0.3) is 0 Å². The largest absolute Gasteiger partial charge is 0.466 e. The van der Waals surface area contributed by atoms with Gasteiger partial charge in [0.1, 0.15) is 5.78 Å². The zero-order valence-electron chi connectivity index (χ0n) is 9.40. The zero-order chi connectivity index (χ0) is 12.0. The lowest BCUT2D eigenvalue weighted by Gasteiger charge is -2.03. The minimum atomic E-state index is -0.459. The molecule has 0 amide bonds. The van der Waals surface area contributed by atoms with Gasteiger partial charge < -0.3 is 4.74 Å². The van der Waals surface area contributed by atoms with Crippen molar-refractivity contribution < 1.29 is 14.3 Å². The number of carbonyl (C=O) groups excluding carboxylic acids is 2. The number of esters is 1. The summed E-state index contributed by atoms with van der Waals surface area (Å²) in [5, 5.41) is 0. The number of benzene rings is 1. The molecule has 0 aliphatic rings. The molecule has 0 aliphatic carbocycles. The molecule has 0 atom stereocenters. The lowest BCUT2D eigenvalue weighted by Crippen LogP contribution is -2.08. The fourth-order valence-corrected chi connectivity index (χ4v) is 1.33. The van der Waals surface area contributed by atoms with E-state index in [0.29, 0.717) is 5.57 Å². The second-order valence-electron chi connectivity index (χ2n) is 3.45. The van der Waals surface area contributed by atoms with Gasteiger partial charge in [-0.3, -0.25) is 4.79 Å². The topological polar surface area (TPSA) is 43.4 Å². The Morgan fingerprint density at radius 1 is 1.25 bits per heavy atom. The first-order chi connectivity index (χ1) is 7.63. The molecular weight excluding hydrogens is 204 g/mol. The van der Waals surface area contributed by atoms with Crippen LogP contribution in [0.2, 0.25) is 0 Å². The monoisotopic (exact) mass is 218 g/mol. The van der Waals surface area contributed by atoms with Gasteiger partial charge in [0.05, 0.1) is 7.11 Å². The van der Waals surface area contributed by atoms with Gasteiger partial charge in [-0.05, 0) is 18.6 Å². The van der Waals surface area contributed by atoms with E-state index >= 15 is 0 Å². The average molecular weight is 218 g/mol. The third-order valence-corrected chi connectivity index (χ3v) is 2.03. The number of ether oxygens (including phenoxy) is 1. The van der Waals surface area contributed by atoms with Crippen LogP contribution < -0.4 is 0 Å². The van der Waals surface area contributed by atoms with Crippen LogP contribution in [0.5, 0.6) is 0 Å². The molecule has 0 heterocycles. The minimum absolute atomic E-state index is 0.0624.